The molecule has 2 aliphatic rings. The Hall–Kier alpha value is -4.17. The molecule has 37 heavy (non-hydrogen) atoms. The van der Waals surface area contributed by atoms with Gasteiger partial charge in [0, 0.05) is 30.6 Å². The maximum atomic E-state index is 13.7. The standard InChI is InChI=1S/C29H29N5O3/c1-29(2,3)31-13-20-11-24-25(37-16-36-24)12-21(20)17-8-9-23-22(10-17)26(33-28(30)32-23)27(35)34-14-18-6-4-5-7-19(18)15-34/h4-12,31H,13-16H2,1-3H3,(H2,30,32,33). The Morgan fingerprint density at radius 1 is 1.00 bits per heavy atom. The van der Waals surface area contributed by atoms with Gasteiger partial charge in [0.1, 0.15) is 5.69 Å². The number of nitrogens with zero attached hydrogens (tertiary/aromatic N) is 3. The van der Waals surface area contributed by atoms with E-state index in [9.17, 15) is 4.79 Å². The molecule has 188 valence electrons. The Balaban J connectivity index is 1.43. The number of hydrogen-bond donors (Lipinski definition) is 2. The van der Waals surface area contributed by atoms with Crippen LogP contribution in [0.2, 0.25) is 0 Å². The van der Waals surface area contributed by atoms with Crippen LogP contribution in [0.1, 0.15) is 48.0 Å². The van der Waals surface area contributed by atoms with E-state index >= 15 is 0 Å². The summed E-state index contributed by atoms with van der Waals surface area (Å²) in [6.45, 7) is 8.33. The monoisotopic (exact) mass is 495 g/mol. The number of nitrogens with two attached hydrogens (primary N) is 1. The van der Waals surface area contributed by atoms with Crippen molar-refractivity contribution in [3.05, 3.63) is 77.0 Å². The molecule has 0 fully saturated rings. The average Bonchev–Trinajstić information content (AvgIpc) is 3.51. The molecule has 1 amide bonds. The first-order valence-electron chi connectivity index (χ1n) is 12.4. The van der Waals surface area contributed by atoms with Gasteiger partial charge in [0.2, 0.25) is 12.7 Å². The van der Waals surface area contributed by atoms with E-state index in [0.29, 0.717) is 42.0 Å². The molecule has 8 heteroatoms. The number of carbonyl (C=O) groups excluding carboxylic acids is 1. The number of ether oxygens (including phenoxy) is 2. The van der Waals surface area contributed by atoms with Crippen LogP contribution in [-0.2, 0) is 19.6 Å². The largest absolute Gasteiger partial charge is 0.454 e. The summed E-state index contributed by atoms with van der Waals surface area (Å²) in [5.41, 5.74) is 12.2. The SMILES string of the molecule is CC(C)(C)NCc1cc2c(cc1-c1ccc3nc(N)nc(C(=O)N4Cc5ccccc5C4)c3c1)OCO2. The lowest BCUT2D eigenvalue weighted by Crippen LogP contribution is -2.35. The number of carbonyl (C=O) groups is 1. The topological polar surface area (TPSA) is 103 Å². The van der Waals surface area contributed by atoms with Crippen LogP contribution in [0.4, 0.5) is 5.95 Å². The first kappa shape index (κ1) is 23.2. The second kappa shape index (κ2) is 8.74. The lowest BCUT2D eigenvalue weighted by molar-refractivity contribution is 0.0747. The summed E-state index contributed by atoms with van der Waals surface area (Å²) in [6.07, 6.45) is 0. The van der Waals surface area contributed by atoms with Gasteiger partial charge in [-0.05, 0) is 72.9 Å². The van der Waals surface area contributed by atoms with Crippen molar-refractivity contribution in [2.45, 2.75) is 45.9 Å². The number of nitrogens with one attached hydrogen (secondary N) is 1. The van der Waals surface area contributed by atoms with Crippen LogP contribution in [0.3, 0.4) is 0 Å². The van der Waals surface area contributed by atoms with E-state index in [1.807, 2.05) is 42.5 Å². The summed E-state index contributed by atoms with van der Waals surface area (Å²) in [5.74, 6) is 1.36. The summed E-state index contributed by atoms with van der Waals surface area (Å²) in [5, 5.41) is 4.23. The van der Waals surface area contributed by atoms with Gasteiger partial charge in [-0.25, -0.2) is 9.97 Å². The third-order valence-electron chi connectivity index (χ3n) is 6.76. The molecule has 1 aromatic heterocycles. The second-order valence-corrected chi connectivity index (χ2v) is 10.6. The Morgan fingerprint density at radius 2 is 1.70 bits per heavy atom. The highest BCUT2D eigenvalue weighted by atomic mass is 16.7. The van der Waals surface area contributed by atoms with E-state index in [1.165, 1.54) is 0 Å². The summed E-state index contributed by atoms with van der Waals surface area (Å²) in [6, 6.07) is 18.0. The van der Waals surface area contributed by atoms with Gasteiger partial charge in [-0.2, -0.15) is 0 Å². The van der Waals surface area contributed by atoms with E-state index in [2.05, 4.69) is 48.2 Å². The molecule has 0 aliphatic carbocycles. The van der Waals surface area contributed by atoms with Crippen LogP contribution in [0.25, 0.3) is 22.0 Å². The van der Waals surface area contributed by atoms with Crippen molar-refractivity contribution in [1.82, 2.24) is 20.2 Å². The highest BCUT2D eigenvalue weighted by Crippen LogP contribution is 2.40. The molecule has 0 spiro atoms. The fourth-order valence-electron chi connectivity index (χ4n) is 4.86. The molecule has 3 N–H and O–H groups in total. The van der Waals surface area contributed by atoms with E-state index in [4.69, 9.17) is 15.2 Å². The summed E-state index contributed by atoms with van der Waals surface area (Å²) in [7, 11) is 0. The molecule has 3 aromatic carbocycles. The second-order valence-electron chi connectivity index (χ2n) is 10.6. The molecule has 0 radical (unpaired) electrons. The number of hydrogen-bond acceptors (Lipinski definition) is 7. The minimum atomic E-state index is -0.159. The van der Waals surface area contributed by atoms with E-state index in [0.717, 1.165) is 33.6 Å². The normalized spacial score (nSPS) is 14.3. The number of rotatable bonds is 4. The maximum absolute atomic E-state index is 13.7. The summed E-state index contributed by atoms with van der Waals surface area (Å²) < 4.78 is 11.3. The van der Waals surface area contributed by atoms with Gasteiger partial charge < -0.3 is 25.4 Å². The van der Waals surface area contributed by atoms with Crippen LogP contribution < -0.4 is 20.5 Å². The molecular weight excluding hydrogens is 466 g/mol. The lowest BCUT2D eigenvalue weighted by atomic mass is 9.96. The van der Waals surface area contributed by atoms with E-state index < -0.39 is 0 Å². The zero-order valence-electron chi connectivity index (χ0n) is 21.2. The fourth-order valence-corrected chi connectivity index (χ4v) is 4.86. The molecular formula is C29H29N5O3. The highest BCUT2D eigenvalue weighted by Gasteiger charge is 2.27. The Labute approximate surface area is 215 Å². The Bertz CT molecular complexity index is 1520. The van der Waals surface area contributed by atoms with Crippen molar-refractivity contribution in [3.63, 3.8) is 0 Å². The third kappa shape index (κ3) is 4.44. The van der Waals surface area contributed by atoms with Gasteiger partial charge in [-0.3, -0.25) is 4.79 Å². The van der Waals surface area contributed by atoms with Crippen molar-refractivity contribution in [2.24, 2.45) is 0 Å². The fraction of sp³-hybridized carbons (Fsp3) is 0.276. The minimum absolute atomic E-state index is 0.0602. The van der Waals surface area contributed by atoms with Crippen LogP contribution >= 0.6 is 0 Å². The van der Waals surface area contributed by atoms with Gasteiger partial charge in [-0.15, -0.1) is 0 Å². The van der Waals surface area contributed by atoms with Crippen LogP contribution in [-0.4, -0.2) is 33.1 Å². The van der Waals surface area contributed by atoms with Crippen molar-refractivity contribution >= 4 is 22.8 Å². The molecule has 0 bridgehead atoms. The number of anilines is 1. The van der Waals surface area contributed by atoms with Gasteiger partial charge >= 0.3 is 0 Å². The highest BCUT2D eigenvalue weighted by molar-refractivity contribution is 6.06. The first-order valence-corrected chi connectivity index (χ1v) is 12.4. The molecule has 0 saturated carbocycles. The maximum Gasteiger partial charge on any atom is 0.273 e. The molecule has 2 aliphatic heterocycles. The van der Waals surface area contributed by atoms with E-state index in [1.54, 1.807) is 4.90 Å². The first-order chi connectivity index (χ1) is 17.7. The van der Waals surface area contributed by atoms with Crippen molar-refractivity contribution < 1.29 is 14.3 Å². The molecule has 3 heterocycles. The van der Waals surface area contributed by atoms with Crippen molar-refractivity contribution in [1.29, 1.82) is 0 Å². The van der Waals surface area contributed by atoms with Crippen molar-refractivity contribution in [3.8, 4) is 22.6 Å². The molecule has 4 aromatic rings. The van der Waals surface area contributed by atoms with Crippen LogP contribution in [0.5, 0.6) is 11.5 Å². The number of amides is 1. The van der Waals surface area contributed by atoms with Gasteiger partial charge in [-0.1, -0.05) is 30.3 Å². The molecule has 0 saturated heterocycles. The summed E-state index contributed by atoms with van der Waals surface area (Å²) in [4.78, 5) is 24.3. The van der Waals surface area contributed by atoms with Crippen LogP contribution in [0, 0.1) is 0 Å². The van der Waals surface area contributed by atoms with Gasteiger partial charge in [0.25, 0.3) is 5.91 Å². The Kier molecular flexibility index (Phi) is 5.49. The number of aromatic nitrogens is 2. The van der Waals surface area contributed by atoms with Gasteiger partial charge in [0.05, 0.1) is 5.52 Å². The zero-order chi connectivity index (χ0) is 25.7. The smallest absolute Gasteiger partial charge is 0.273 e. The molecule has 0 unspecified atom stereocenters. The zero-order valence-corrected chi connectivity index (χ0v) is 21.2. The average molecular weight is 496 g/mol. The minimum Gasteiger partial charge on any atom is -0.454 e. The molecule has 6 rings (SSSR count). The lowest BCUT2D eigenvalue weighted by Gasteiger charge is -2.22. The van der Waals surface area contributed by atoms with Crippen LogP contribution in [0.15, 0.2) is 54.6 Å². The molecule has 0 atom stereocenters. The molecule has 8 nitrogen and oxygen atoms in total. The van der Waals surface area contributed by atoms with E-state index in [-0.39, 0.29) is 24.2 Å². The predicted molar refractivity (Wildman–Crippen MR) is 142 cm³/mol. The van der Waals surface area contributed by atoms with Gasteiger partial charge in [0.15, 0.2) is 11.5 Å². The summed E-state index contributed by atoms with van der Waals surface area (Å²) >= 11 is 0. The van der Waals surface area contributed by atoms with Crippen molar-refractivity contribution in [2.75, 3.05) is 12.5 Å². The third-order valence-corrected chi connectivity index (χ3v) is 6.76. The Morgan fingerprint density at radius 3 is 2.41 bits per heavy atom. The number of fused-ring (bicyclic) bond motifs is 3. The predicted octanol–water partition coefficient (Wildman–Crippen LogP) is 4.65. The number of nitrogen functional groups attached to an aromatic ring is 1. The quantitative estimate of drug-likeness (QED) is 0.425. The number of benzene rings is 3.